The van der Waals surface area contributed by atoms with Gasteiger partial charge >= 0.3 is 0 Å². The van der Waals surface area contributed by atoms with Crippen molar-refractivity contribution in [3.63, 3.8) is 0 Å². The van der Waals surface area contributed by atoms with Crippen molar-refractivity contribution in [2.24, 2.45) is 17.8 Å². The summed E-state index contributed by atoms with van der Waals surface area (Å²) in [6, 6.07) is 0.393. The molecule has 1 atom stereocenters. The molecule has 2 saturated carbocycles. The number of nitrogens with zero attached hydrogens (tertiary/aromatic N) is 1. The Balaban J connectivity index is 1.43. The average Bonchev–Trinajstić information content (AvgIpc) is 2.90. The summed E-state index contributed by atoms with van der Waals surface area (Å²) in [5.74, 6) is 1.54. The quantitative estimate of drug-likeness (QED) is 0.787. The first kappa shape index (κ1) is 18.7. The van der Waals surface area contributed by atoms with Crippen LogP contribution in [0.15, 0.2) is 0 Å². The standard InChI is InChI=1S/C21H36N2O2/c1-16-7-6-14-23(15-16)21(25)18-12-10-17(11-13-18)20(24)22-19-8-4-2-3-5-9-19/h16-19H,2-15H2,1H3,(H,22,24). The van der Waals surface area contributed by atoms with E-state index in [0.717, 1.165) is 58.0 Å². The van der Waals surface area contributed by atoms with Crippen molar-refractivity contribution in [3.8, 4) is 0 Å². The highest BCUT2D eigenvalue weighted by Crippen LogP contribution is 2.31. The van der Waals surface area contributed by atoms with Crippen LogP contribution in [-0.2, 0) is 9.59 Å². The average molecular weight is 349 g/mol. The van der Waals surface area contributed by atoms with Crippen LogP contribution in [0.3, 0.4) is 0 Å². The largest absolute Gasteiger partial charge is 0.353 e. The molecule has 1 N–H and O–H groups in total. The molecule has 0 radical (unpaired) electrons. The first-order valence-electron chi connectivity index (χ1n) is 10.7. The fourth-order valence-corrected chi connectivity index (χ4v) is 4.99. The summed E-state index contributed by atoms with van der Waals surface area (Å²) < 4.78 is 0. The zero-order chi connectivity index (χ0) is 17.6. The lowest BCUT2D eigenvalue weighted by Crippen LogP contribution is -2.44. The lowest BCUT2D eigenvalue weighted by molar-refractivity contribution is -0.140. The Labute approximate surface area is 153 Å². The van der Waals surface area contributed by atoms with Gasteiger partial charge in [-0.15, -0.1) is 0 Å². The Kier molecular flexibility index (Phi) is 6.77. The Bertz CT molecular complexity index is 449. The first-order chi connectivity index (χ1) is 12.1. The number of rotatable bonds is 3. The van der Waals surface area contributed by atoms with E-state index in [-0.39, 0.29) is 17.7 Å². The molecular formula is C21H36N2O2. The topological polar surface area (TPSA) is 49.4 Å². The molecule has 1 saturated heterocycles. The second-order valence-electron chi connectivity index (χ2n) is 8.78. The zero-order valence-corrected chi connectivity index (χ0v) is 16.0. The van der Waals surface area contributed by atoms with Gasteiger partial charge in [-0.05, 0) is 57.3 Å². The number of piperidine rings is 1. The number of nitrogens with one attached hydrogen (secondary N) is 1. The molecule has 0 aromatic carbocycles. The van der Waals surface area contributed by atoms with Crippen LogP contribution in [0.4, 0.5) is 0 Å². The minimum Gasteiger partial charge on any atom is -0.353 e. The predicted octanol–water partition coefficient (Wildman–Crippen LogP) is 3.89. The van der Waals surface area contributed by atoms with Crippen LogP contribution < -0.4 is 5.32 Å². The number of carbonyl (C=O) groups excluding carboxylic acids is 2. The molecule has 0 bridgehead atoms. The van der Waals surface area contributed by atoms with E-state index in [1.165, 1.54) is 32.1 Å². The van der Waals surface area contributed by atoms with Crippen molar-refractivity contribution in [1.29, 1.82) is 0 Å². The maximum absolute atomic E-state index is 12.8. The SMILES string of the molecule is CC1CCCN(C(=O)C2CCC(C(=O)NC3CCCCCC3)CC2)C1. The van der Waals surface area contributed by atoms with Gasteiger partial charge in [0, 0.05) is 31.0 Å². The van der Waals surface area contributed by atoms with E-state index in [2.05, 4.69) is 17.1 Å². The van der Waals surface area contributed by atoms with E-state index in [1.807, 2.05) is 0 Å². The maximum Gasteiger partial charge on any atom is 0.225 e. The van der Waals surface area contributed by atoms with Crippen LogP contribution in [0.25, 0.3) is 0 Å². The van der Waals surface area contributed by atoms with Gasteiger partial charge in [-0.1, -0.05) is 32.6 Å². The summed E-state index contributed by atoms with van der Waals surface area (Å²) in [7, 11) is 0. The van der Waals surface area contributed by atoms with Crippen LogP contribution in [-0.4, -0.2) is 35.8 Å². The van der Waals surface area contributed by atoms with Gasteiger partial charge in [0.15, 0.2) is 0 Å². The zero-order valence-electron chi connectivity index (χ0n) is 16.0. The van der Waals surface area contributed by atoms with Crippen LogP contribution in [0, 0.1) is 17.8 Å². The van der Waals surface area contributed by atoms with E-state index < -0.39 is 0 Å². The predicted molar refractivity (Wildman–Crippen MR) is 100 cm³/mol. The number of hydrogen-bond acceptors (Lipinski definition) is 2. The smallest absolute Gasteiger partial charge is 0.225 e. The van der Waals surface area contributed by atoms with Crippen LogP contribution in [0.5, 0.6) is 0 Å². The van der Waals surface area contributed by atoms with Gasteiger partial charge < -0.3 is 10.2 Å². The summed E-state index contributed by atoms with van der Waals surface area (Å²) in [6.45, 7) is 4.11. The Hall–Kier alpha value is -1.06. The molecule has 2 aliphatic carbocycles. The van der Waals surface area contributed by atoms with Crippen molar-refractivity contribution >= 4 is 11.8 Å². The normalized spacial score (nSPS) is 32.0. The molecule has 0 aromatic rings. The molecule has 3 rings (SSSR count). The number of amides is 2. The molecule has 2 amide bonds. The summed E-state index contributed by atoms with van der Waals surface area (Å²) in [4.78, 5) is 27.4. The monoisotopic (exact) mass is 348 g/mol. The van der Waals surface area contributed by atoms with Gasteiger partial charge in [-0.2, -0.15) is 0 Å². The molecule has 4 nitrogen and oxygen atoms in total. The number of likely N-dealkylation sites (tertiary alicyclic amines) is 1. The van der Waals surface area contributed by atoms with Crippen molar-refractivity contribution in [3.05, 3.63) is 0 Å². The Morgan fingerprint density at radius 2 is 1.44 bits per heavy atom. The Morgan fingerprint density at radius 3 is 2.08 bits per heavy atom. The minimum absolute atomic E-state index is 0.132. The number of hydrogen-bond donors (Lipinski definition) is 1. The molecular weight excluding hydrogens is 312 g/mol. The van der Waals surface area contributed by atoms with Gasteiger partial charge in [0.25, 0.3) is 0 Å². The van der Waals surface area contributed by atoms with Gasteiger partial charge in [0.1, 0.15) is 0 Å². The lowest BCUT2D eigenvalue weighted by atomic mass is 9.80. The van der Waals surface area contributed by atoms with Crippen molar-refractivity contribution < 1.29 is 9.59 Å². The highest BCUT2D eigenvalue weighted by Gasteiger charge is 2.33. The third-order valence-electron chi connectivity index (χ3n) is 6.62. The van der Waals surface area contributed by atoms with E-state index in [0.29, 0.717) is 17.9 Å². The van der Waals surface area contributed by atoms with E-state index in [4.69, 9.17) is 0 Å². The summed E-state index contributed by atoms with van der Waals surface area (Å²) >= 11 is 0. The van der Waals surface area contributed by atoms with Gasteiger partial charge in [-0.3, -0.25) is 9.59 Å². The molecule has 4 heteroatoms. The van der Waals surface area contributed by atoms with E-state index >= 15 is 0 Å². The molecule has 3 aliphatic rings. The molecule has 1 aliphatic heterocycles. The van der Waals surface area contributed by atoms with Crippen LogP contribution in [0.1, 0.15) is 84.0 Å². The molecule has 1 unspecified atom stereocenters. The van der Waals surface area contributed by atoms with Gasteiger partial charge in [0.2, 0.25) is 11.8 Å². The minimum atomic E-state index is 0.132. The maximum atomic E-state index is 12.8. The fraction of sp³-hybridized carbons (Fsp3) is 0.905. The third-order valence-corrected chi connectivity index (χ3v) is 6.62. The lowest BCUT2D eigenvalue weighted by Gasteiger charge is -2.36. The molecule has 3 fully saturated rings. The molecule has 0 aromatic heterocycles. The summed E-state index contributed by atoms with van der Waals surface area (Å²) in [5, 5.41) is 3.31. The van der Waals surface area contributed by atoms with E-state index in [9.17, 15) is 9.59 Å². The van der Waals surface area contributed by atoms with Gasteiger partial charge in [0.05, 0.1) is 0 Å². The second kappa shape index (κ2) is 9.05. The van der Waals surface area contributed by atoms with Crippen molar-refractivity contribution in [2.45, 2.75) is 90.0 Å². The second-order valence-corrected chi connectivity index (χ2v) is 8.78. The third kappa shape index (κ3) is 5.21. The molecule has 142 valence electrons. The van der Waals surface area contributed by atoms with Crippen LogP contribution in [0.2, 0.25) is 0 Å². The molecule has 0 spiro atoms. The van der Waals surface area contributed by atoms with E-state index in [1.54, 1.807) is 0 Å². The first-order valence-corrected chi connectivity index (χ1v) is 10.7. The highest BCUT2D eigenvalue weighted by atomic mass is 16.2. The molecule has 1 heterocycles. The Morgan fingerprint density at radius 1 is 0.800 bits per heavy atom. The van der Waals surface area contributed by atoms with Crippen LogP contribution >= 0.6 is 0 Å². The fourth-order valence-electron chi connectivity index (χ4n) is 4.99. The van der Waals surface area contributed by atoms with Crippen molar-refractivity contribution in [1.82, 2.24) is 10.2 Å². The number of carbonyl (C=O) groups is 2. The molecule has 25 heavy (non-hydrogen) atoms. The highest BCUT2D eigenvalue weighted by molar-refractivity contribution is 5.81. The van der Waals surface area contributed by atoms with Gasteiger partial charge in [-0.25, -0.2) is 0 Å². The summed E-state index contributed by atoms with van der Waals surface area (Å²) in [5.41, 5.74) is 0. The summed E-state index contributed by atoms with van der Waals surface area (Å²) in [6.07, 6.45) is 13.4. The van der Waals surface area contributed by atoms with Crippen molar-refractivity contribution in [2.75, 3.05) is 13.1 Å².